The average Bonchev–Trinajstić information content (AvgIpc) is 2.37. The number of benzene rings is 1. The van der Waals surface area contributed by atoms with E-state index in [4.69, 9.17) is 5.26 Å². The number of pyridine rings is 1. The molecule has 2 rings (SSSR count). The Labute approximate surface area is 114 Å². The van der Waals surface area contributed by atoms with Crippen molar-refractivity contribution in [2.75, 3.05) is 6.54 Å². The lowest BCUT2D eigenvalue weighted by Gasteiger charge is -2.24. The van der Waals surface area contributed by atoms with Gasteiger partial charge in [-0.15, -0.1) is 0 Å². The van der Waals surface area contributed by atoms with E-state index in [2.05, 4.69) is 41.9 Å². The molecule has 3 nitrogen and oxygen atoms in total. The maximum absolute atomic E-state index is 8.93. The van der Waals surface area contributed by atoms with Gasteiger partial charge in [0.15, 0.2) is 0 Å². The minimum Gasteiger partial charge on any atom is -0.284 e. The first-order valence-electron chi connectivity index (χ1n) is 6.58. The van der Waals surface area contributed by atoms with Crippen molar-refractivity contribution in [2.45, 2.75) is 33.4 Å². The lowest BCUT2D eigenvalue weighted by atomic mass is 10.1. The van der Waals surface area contributed by atoms with E-state index >= 15 is 0 Å². The van der Waals surface area contributed by atoms with Gasteiger partial charge in [0.1, 0.15) is 0 Å². The van der Waals surface area contributed by atoms with E-state index < -0.39 is 0 Å². The molecule has 0 N–H and O–H groups in total. The monoisotopic (exact) mass is 253 g/mol. The van der Waals surface area contributed by atoms with Crippen LogP contribution in [0.15, 0.2) is 30.3 Å². The quantitative estimate of drug-likeness (QED) is 0.785. The molecule has 3 heteroatoms. The molecule has 0 saturated carbocycles. The normalized spacial score (nSPS) is 11.2. The molecule has 0 fully saturated rings. The summed E-state index contributed by atoms with van der Waals surface area (Å²) < 4.78 is 0. The van der Waals surface area contributed by atoms with E-state index in [9.17, 15) is 0 Å². The number of aromatic nitrogens is 1. The van der Waals surface area contributed by atoms with Crippen molar-refractivity contribution >= 4 is 10.9 Å². The van der Waals surface area contributed by atoms with Gasteiger partial charge in [-0.2, -0.15) is 5.26 Å². The number of nitrogens with zero attached hydrogens (tertiary/aromatic N) is 3. The van der Waals surface area contributed by atoms with Crippen LogP contribution < -0.4 is 0 Å². The second kappa shape index (κ2) is 5.81. The van der Waals surface area contributed by atoms with Crippen LogP contribution in [-0.4, -0.2) is 22.5 Å². The van der Waals surface area contributed by atoms with Crippen LogP contribution in [0.1, 0.15) is 25.1 Å². The van der Waals surface area contributed by atoms with E-state index in [0.717, 1.165) is 17.8 Å². The molecule has 1 aromatic carbocycles. The van der Waals surface area contributed by atoms with Crippen molar-refractivity contribution in [1.29, 1.82) is 5.26 Å². The van der Waals surface area contributed by atoms with Gasteiger partial charge < -0.3 is 0 Å². The number of hydrogen-bond donors (Lipinski definition) is 0. The molecule has 0 aliphatic heterocycles. The zero-order valence-electron chi connectivity index (χ0n) is 11.7. The van der Waals surface area contributed by atoms with Gasteiger partial charge in [0.05, 0.1) is 18.1 Å². The number of hydrogen-bond acceptors (Lipinski definition) is 3. The van der Waals surface area contributed by atoms with Gasteiger partial charge in [0, 0.05) is 23.7 Å². The maximum Gasteiger partial charge on any atom is 0.0871 e. The first kappa shape index (κ1) is 13.5. The first-order valence-corrected chi connectivity index (χ1v) is 6.58. The Morgan fingerprint density at radius 3 is 2.74 bits per heavy atom. The second-order valence-corrected chi connectivity index (χ2v) is 5.10. The molecular formula is C16H19N3. The van der Waals surface area contributed by atoms with Crippen LogP contribution in [-0.2, 0) is 6.54 Å². The third-order valence-electron chi connectivity index (χ3n) is 3.31. The summed E-state index contributed by atoms with van der Waals surface area (Å²) >= 11 is 0. The molecule has 2 aromatic rings. The predicted octanol–water partition coefficient (Wildman–Crippen LogP) is 3.28. The van der Waals surface area contributed by atoms with E-state index in [-0.39, 0.29) is 0 Å². The zero-order valence-corrected chi connectivity index (χ0v) is 11.7. The summed E-state index contributed by atoms with van der Waals surface area (Å²) in [5.74, 6) is 0. The second-order valence-electron chi connectivity index (χ2n) is 5.10. The molecule has 0 spiro atoms. The summed E-state index contributed by atoms with van der Waals surface area (Å²) in [4.78, 5) is 6.72. The van der Waals surface area contributed by atoms with E-state index in [1.165, 1.54) is 10.9 Å². The summed E-state index contributed by atoms with van der Waals surface area (Å²) in [6.45, 7) is 7.49. The van der Waals surface area contributed by atoms with Crippen molar-refractivity contribution in [1.82, 2.24) is 9.88 Å². The van der Waals surface area contributed by atoms with Crippen molar-refractivity contribution < 1.29 is 0 Å². The maximum atomic E-state index is 8.93. The third-order valence-corrected chi connectivity index (χ3v) is 3.31. The Morgan fingerprint density at radius 1 is 1.32 bits per heavy atom. The van der Waals surface area contributed by atoms with Gasteiger partial charge in [-0.25, -0.2) is 0 Å². The molecule has 1 aromatic heterocycles. The molecule has 0 unspecified atom stereocenters. The standard InChI is InChI=1S/C16H19N3/c1-12(2)19(9-8-17)11-14-10-13(3)18-16-7-5-4-6-15(14)16/h4-7,10,12H,9,11H2,1-3H3. The molecule has 19 heavy (non-hydrogen) atoms. The van der Waals surface area contributed by atoms with Crippen LogP contribution in [0.4, 0.5) is 0 Å². The fourth-order valence-electron chi connectivity index (χ4n) is 2.26. The first-order chi connectivity index (χ1) is 9.11. The van der Waals surface area contributed by atoms with Crippen molar-refractivity contribution in [2.24, 2.45) is 0 Å². The molecule has 0 aliphatic rings. The smallest absolute Gasteiger partial charge is 0.0871 e. The van der Waals surface area contributed by atoms with Gasteiger partial charge in [-0.05, 0) is 38.5 Å². The number of para-hydroxylation sites is 1. The van der Waals surface area contributed by atoms with Crippen molar-refractivity contribution in [3.05, 3.63) is 41.6 Å². The molecule has 0 bridgehead atoms. The minimum absolute atomic E-state index is 0.354. The highest BCUT2D eigenvalue weighted by molar-refractivity contribution is 5.82. The summed E-state index contributed by atoms with van der Waals surface area (Å²) in [5.41, 5.74) is 3.29. The fraction of sp³-hybridized carbons (Fsp3) is 0.375. The molecular weight excluding hydrogens is 234 g/mol. The Hall–Kier alpha value is -1.92. The van der Waals surface area contributed by atoms with Gasteiger partial charge in [0.2, 0.25) is 0 Å². The van der Waals surface area contributed by atoms with Crippen LogP contribution >= 0.6 is 0 Å². The average molecular weight is 253 g/mol. The Kier molecular flexibility index (Phi) is 4.13. The van der Waals surface area contributed by atoms with E-state index in [1.54, 1.807) is 0 Å². The topological polar surface area (TPSA) is 39.9 Å². The molecule has 0 atom stereocenters. The third kappa shape index (κ3) is 3.10. The predicted molar refractivity (Wildman–Crippen MR) is 77.6 cm³/mol. The molecule has 0 aliphatic carbocycles. The summed E-state index contributed by atoms with van der Waals surface area (Å²) in [6, 6.07) is 12.9. The van der Waals surface area contributed by atoms with Crippen LogP contribution in [0.25, 0.3) is 10.9 Å². The Bertz CT molecular complexity index is 611. The van der Waals surface area contributed by atoms with E-state index in [1.807, 2.05) is 25.1 Å². The van der Waals surface area contributed by atoms with Gasteiger partial charge in [-0.1, -0.05) is 18.2 Å². The van der Waals surface area contributed by atoms with E-state index in [0.29, 0.717) is 12.6 Å². The lowest BCUT2D eigenvalue weighted by Crippen LogP contribution is -2.30. The molecule has 0 radical (unpaired) electrons. The van der Waals surface area contributed by atoms with Gasteiger partial charge in [-0.3, -0.25) is 9.88 Å². The Balaban J connectivity index is 2.41. The highest BCUT2D eigenvalue weighted by Gasteiger charge is 2.12. The SMILES string of the molecule is Cc1cc(CN(CC#N)C(C)C)c2ccccc2n1. The van der Waals surface area contributed by atoms with Crippen LogP contribution in [0.3, 0.4) is 0 Å². The summed E-state index contributed by atoms with van der Waals surface area (Å²) in [7, 11) is 0. The van der Waals surface area contributed by atoms with Crippen LogP contribution in [0, 0.1) is 18.3 Å². The van der Waals surface area contributed by atoms with Crippen molar-refractivity contribution in [3.63, 3.8) is 0 Å². The highest BCUT2D eigenvalue weighted by Crippen LogP contribution is 2.20. The number of aryl methyl sites for hydroxylation is 1. The highest BCUT2D eigenvalue weighted by atomic mass is 15.1. The fourth-order valence-corrected chi connectivity index (χ4v) is 2.26. The lowest BCUT2D eigenvalue weighted by molar-refractivity contribution is 0.241. The number of rotatable bonds is 4. The molecule has 0 amide bonds. The molecule has 98 valence electrons. The Morgan fingerprint density at radius 2 is 2.05 bits per heavy atom. The van der Waals surface area contributed by atoms with Crippen molar-refractivity contribution in [3.8, 4) is 6.07 Å². The van der Waals surface area contributed by atoms with Crippen LogP contribution in [0.5, 0.6) is 0 Å². The van der Waals surface area contributed by atoms with Gasteiger partial charge >= 0.3 is 0 Å². The largest absolute Gasteiger partial charge is 0.284 e. The zero-order chi connectivity index (χ0) is 13.8. The number of nitriles is 1. The molecule has 0 saturated heterocycles. The molecule has 1 heterocycles. The minimum atomic E-state index is 0.354. The summed E-state index contributed by atoms with van der Waals surface area (Å²) in [6.07, 6.45) is 0. The van der Waals surface area contributed by atoms with Crippen LogP contribution in [0.2, 0.25) is 0 Å². The number of fused-ring (bicyclic) bond motifs is 1. The van der Waals surface area contributed by atoms with Gasteiger partial charge in [0.25, 0.3) is 0 Å². The summed E-state index contributed by atoms with van der Waals surface area (Å²) in [5, 5.41) is 10.1.